The van der Waals surface area contributed by atoms with Gasteiger partial charge in [-0.15, -0.1) is 0 Å². The number of carbonyl (C=O) groups is 2. The number of anilines is 2. The molecule has 2 aliphatic rings. The number of sulfonamides is 1. The molecule has 0 bridgehead atoms. The number of amides is 2. The Morgan fingerprint density at radius 3 is 2.23 bits per heavy atom. The van der Waals surface area contributed by atoms with Crippen LogP contribution in [0.1, 0.15) is 20.3 Å². The largest absolute Gasteiger partial charge is 0.489 e. The molecule has 2 aliphatic heterocycles. The average Bonchev–Trinajstić information content (AvgIpc) is 2.82. The van der Waals surface area contributed by atoms with E-state index in [2.05, 4.69) is 15.4 Å². The zero-order valence-corrected chi connectivity index (χ0v) is 22.0. The molecule has 0 saturated carbocycles. The van der Waals surface area contributed by atoms with Gasteiger partial charge in [0.15, 0.2) is 0 Å². The Hall–Kier alpha value is -3.59. The Kier molecular flexibility index (Phi) is 8.95. The summed E-state index contributed by atoms with van der Waals surface area (Å²) in [5, 5.41) is 4.65. The summed E-state index contributed by atoms with van der Waals surface area (Å²) in [6.07, 6.45) is -5.43. The molecule has 2 aromatic carbocycles. The molecule has 0 aromatic heterocycles. The van der Waals surface area contributed by atoms with E-state index in [1.807, 2.05) is 0 Å². The lowest BCUT2D eigenvalue weighted by molar-refractivity contribution is -0.242. The number of rotatable bonds is 5. The number of alkyl halides is 3. The fraction of sp³-hybridized carbons (Fsp3) is 0.417. The van der Waals surface area contributed by atoms with Gasteiger partial charge < -0.3 is 19.5 Å². The van der Waals surface area contributed by atoms with Crippen molar-refractivity contribution in [3.8, 4) is 5.75 Å². The van der Waals surface area contributed by atoms with E-state index in [1.165, 1.54) is 18.2 Å². The van der Waals surface area contributed by atoms with Crippen molar-refractivity contribution in [3.05, 3.63) is 48.3 Å². The lowest BCUT2D eigenvalue weighted by Crippen LogP contribution is -2.44. The number of benzene rings is 2. The van der Waals surface area contributed by atoms with Gasteiger partial charge in [0, 0.05) is 19.2 Å². The third-order valence-electron chi connectivity index (χ3n) is 5.70. The van der Waals surface area contributed by atoms with E-state index < -0.39 is 33.7 Å². The highest BCUT2D eigenvalue weighted by molar-refractivity contribution is 7.92. The smallest absolute Gasteiger partial charge is 0.427 e. The summed E-state index contributed by atoms with van der Waals surface area (Å²) in [4.78, 5) is 22.3. The second-order valence-electron chi connectivity index (χ2n) is 8.85. The van der Waals surface area contributed by atoms with Crippen LogP contribution in [0, 0.1) is 5.82 Å². The third kappa shape index (κ3) is 7.09. The first-order valence-electron chi connectivity index (χ1n) is 11.6. The molecule has 0 spiro atoms. The van der Waals surface area contributed by atoms with E-state index >= 15 is 0 Å². The van der Waals surface area contributed by atoms with Crippen LogP contribution in [0.4, 0.5) is 33.7 Å². The van der Waals surface area contributed by atoms with Crippen molar-refractivity contribution in [2.45, 2.75) is 43.0 Å². The van der Waals surface area contributed by atoms with E-state index in [0.717, 1.165) is 41.6 Å². The fourth-order valence-corrected chi connectivity index (χ4v) is 4.74. The third-order valence-corrected chi connectivity index (χ3v) is 7.52. The molecule has 2 amide bonds. The van der Waals surface area contributed by atoms with Crippen LogP contribution in [0.3, 0.4) is 0 Å². The van der Waals surface area contributed by atoms with Crippen molar-refractivity contribution in [1.29, 1.82) is 0 Å². The summed E-state index contributed by atoms with van der Waals surface area (Å²) in [6, 6.07) is 8.16. The van der Waals surface area contributed by atoms with Gasteiger partial charge in [0.1, 0.15) is 24.3 Å². The maximum Gasteiger partial charge on any atom is 0.427 e. The van der Waals surface area contributed by atoms with Gasteiger partial charge in [-0.25, -0.2) is 17.6 Å². The number of fused-ring (bicyclic) bond motifs is 1. The lowest BCUT2D eigenvalue weighted by Gasteiger charge is -2.31. The van der Waals surface area contributed by atoms with Crippen LogP contribution in [-0.4, -0.2) is 65.1 Å². The zero-order chi connectivity index (χ0) is 29.0. The topological polar surface area (TPSA) is 123 Å². The predicted molar refractivity (Wildman–Crippen MR) is 132 cm³/mol. The van der Waals surface area contributed by atoms with Gasteiger partial charge in [-0.2, -0.15) is 13.2 Å². The van der Waals surface area contributed by atoms with Crippen molar-refractivity contribution >= 4 is 33.4 Å². The zero-order valence-electron chi connectivity index (χ0n) is 21.2. The number of ether oxygens (including phenoxy) is 3. The molecular weight excluding hydrogens is 550 g/mol. The standard InChI is InChI=1S/C19H18F4N2O5S.C5H9NO2/c1-18(2,19(21,22)23)30-17(26)24-13-5-8-16-15(11-13)25(9-10-29-16)31(27,28)14-6-3-12(20)4-7-14;1-6-5(7)4-2-3-8-4/h3-8,11H,9-10H2,1-2H3,(H,24,26);4H,2-3H2,1H3,(H,6,7). The SMILES string of the molecule is CC(C)(OC(=O)Nc1ccc2c(c1)N(S(=O)(=O)c1ccc(F)cc1)CCO2)C(F)(F)F.CNC(=O)C1CCO1. The number of nitrogens with zero attached hydrogens (tertiary/aromatic N) is 1. The number of carbonyl (C=O) groups excluding carboxylic acids is 2. The number of halogens is 4. The molecule has 1 unspecified atom stereocenters. The van der Waals surface area contributed by atoms with Gasteiger partial charge >= 0.3 is 12.3 Å². The normalized spacial score (nSPS) is 16.9. The summed E-state index contributed by atoms with van der Waals surface area (Å²) in [6.45, 7) is 2.11. The van der Waals surface area contributed by atoms with Crippen LogP contribution in [0.15, 0.2) is 47.4 Å². The lowest BCUT2D eigenvalue weighted by atomic mass is 10.1. The minimum atomic E-state index is -4.78. The highest BCUT2D eigenvalue weighted by Crippen LogP contribution is 2.38. The Morgan fingerprint density at radius 1 is 1.08 bits per heavy atom. The second kappa shape index (κ2) is 11.7. The van der Waals surface area contributed by atoms with Gasteiger partial charge in [-0.1, -0.05) is 0 Å². The number of hydrogen-bond acceptors (Lipinski definition) is 7. The Balaban J connectivity index is 0.000000449. The summed E-state index contributed by atoms with van der Waals surface area (Å²) in [5.41, 5.74) is -2.68. The summed E-state index contributed by atoms with van der Waals surface area (Å²) >= 11 is 0. The van der Waals surface area contributed by atoms with Crippen molar-refractivity contribution in [3.63, 3.8) is 0 Å². The highest BCUT2D eigenvalue weighted by atomic mass is 32.2. The molecule has 15 heteroatoms. The highest BCUT2D eigenvalue weighted by Gasteiger charge is 2.51. The van der Waals surface area contributed by atoms with Gasteiger partial charge in [-0.3, -0.25) is 14.4 Å². The monoisotopic (exact) mass is 577 g/mol. The van der Waals surface area contributed by atoms with Crippen LogP contribution < -0.4 is 19.7 Å². The Labute approximate surface area is 222 Å². The molecule has 10 nitrogen and oxygen atoms in total. The fourth-order valence-electron chi connectivity index (χ4n) is 3.29. The molecule has 2 aromatic rings. The Morgan fingerprint density at radius 2 is 1.72 bits per heavy atom. The first-order valence-corrected chi connectivity index (χ1v) is 13.0. The van der Waals surface area contributed by atoms with Crippen molar-refractivity contribution in [1.82, 2.24) is 5.32 Å². The van der Waals surface area contributed by atoms with Crippen LogP contribution in [0.5, 0.6) is 5.75 Å². The van der Waals surface area contributed by atoms with Gasteiger partial charge in [0.25, 0.3) is 10.0 Å². The second-order valence-corrected chi connectivity index (χ2v) is 10.7. The summed E-state index contributed by atoms with van der Waals surface area (Å²) < 4.78 is 93.7. The molecule has 0 aliphatic carbocycles. The maximum absolute atomic E-state index is 13.2. The molecule has 2 heterocycles. The minimum Gasteiger partial charge on any atom is -0.489 e. The van der Waals surface area contributed by atoms with Crippen LogP contribution in [0.25, 0.3) is 0 Å². The van der Waals surface area contributed by atoms with E-state index in [9.17, 15) is 35.6 Å². The van der Waals surface area contributed by atoms with E-state index in [-0.39, 0.29) is 47.2 Å². The van der Waals surface area contributed by atoms with Crippen molar-refractivity contribution < 1.29 is 49.8 Å². The van der Waals surface area contributed by atoms with E-state index in [4.69, 9.17) is 9.47 Å². The van der Waals surface area contributed by atoms with Crippen molar-refractivity contribution in [2.24, 2.45) is 0 Å². The Bertz CT molecular complexity index is 1300. The predicted octanol–water partition coefficient (Wildman–Crippen LogP) is 3.82. The van der Waals surface area contributed by atoms with E-state index in [1.54, 1.807) is 7.05 Å². The quantitative estimate of drug-likeness (QED) is 0.518. The van der Waals surface area contributed by atoms with E-state index in [0.29, 0.717) is 13.8 Å². The number of nitrogens with one attached hydrogen (secondary N) is 2. The molecule has 1 fully saturated rings. The van der Waals surface area contributed by atoms with Crippen LogP contribution in [0.2, 0.25) is 0 Å². The molecule has 2 N–H and O–H groups in total. The average molecular weight is 578 g/mol. The van der Waals surface area contributed by atoms with Crippen LogP contribution in [-0.2, 0) is 24.3 Å². The maximum atomic E-state index is 13.2. The molecule has 39 heavy (non-hydrogen) atoms. The molecule has 4 rings (SSSR count). The first-order chi connectivity index (χ1) is 18.2. The van der Waals surface area contributed by atoms with Gasteiger partial charge in [0.2, 0.25) is 11.5 Å². The molecule has 1 saturated heterocycles. The van der Waals surface area contributed by atoms with Gasteiger partial charge in [-0.05, 0) is 56.3 Å². The summed E-state index contributed by atoms with van der Waals surface area (Å²) in [7, 11) is -2.48. The number of likely N-dealkylation sites (N-methyl/N-ethyl adjacent to an activating group) is 1. The van der Waals surface area contributed by atoms with Crippen LogP contribution >= 0.6 is 0 Å². The molecular formula is C24H27F4N3O7S. The molecule has 214 valence electrons. The minimum absolute atomic E-state index is 0.00347. The van der Waals surface area contributed by atoms with Gasteiger partial charge in [0.05, 0.1) is 23.7 Å². The molecule has 0 radical (unpaired) electrons. The number of hydrogen-bond donors (Lipinski definition) is 2. The first kappa shape index (κ1) is 30.0. The summed E-state index contributed by atoms with van der Waals surface area (Å²) in [5.74, 6) is -0.421. The van der Waals surface area contributed by atoms with Crippen molar-refractivity contribution in [2.75, 3.05) is 36.4 Å². The molecule has 1 atom stereocenters.